The fourth-order valence-corrected chi connectivity index (χ4v) is 11.9. The third-order valence-electron chi connectivity index (χ3n) is 14.2. The molecule has 4 heteroatoms. The lowest BCUT2D eigenvalue weighted by atomic mass is 9.89. The maximum Gasteiger partial charge on any atom is 0.0634 e. The Bertz CT molecular complexity index is 4060. The highest BCUT2D eigenvalue weighted by atomic mass is 15.0. The van der Waals surface area contributed by atoms with E-state index in [1.807, 2.05) is 0 Å². The van der Waals surface area contributed by atoms with E-state index < -0.39 is 0 Å². The summed E-state index contributed by atoms with van der Waals surface area (Å²) in [6, 6.07) is 63.5. The molecule has 0 aliphatic heterocycles. The van der Waals surface area contributed by atoms with E-state index in [9.17, 15) is 0 Å². The highest BCUT2D eigenvalue weighted by molar-refractivity contribution is 6.43. The number of hydrogen-bond donors (Lipinski definition) is 0. The van der Waals surface area contributed by atoms with E-state index in [1.165, 1.54) is 142 Å². The first-order valence-electron chi connectivity index (χ1n) is 20.9. The molecule has 6 heterocycles. The molecule has 15 aromatic rings. The molecule has 0 N–H and O–H groups in total. The van der Waals surface area contributed by atoms with Gasteiger partial charge in [0.25, 0.3) is 0 Å². The average molecular weight is 763 g/mol. The predicted molar refractivity (Wildman–Crippen MR) is 255 cm³/mol. The van der Waals surface area contributed by atoms with E-state index >= 15 is 0 Å². The molecule has 0 unspecified atom stereocenters. The summed E-state index contributed by atoms with van der Waals surface area (Å²) >= 11 is 0. The predicted octanol–water partition coefficient (Wildman–Crippen LogP) is 14.6. The molecule has 15 rings (SSSR count). The molecule has 0 aliphatic rings. The highest BCUT2D eigenvalue weighted by Crippen LogP contribution is 2.56. The second kappa shape index (κ2) is 10.6. The van der Waals surface area contributed by atoms with Crippen molar-refractivity contribution in [2.75, 3.05) is 0 Å². The lowest BCUT2D eigenvalue weighted by Crippen LogP contribution is -1.93. The first-order valence-corrected chi connectivity index (χ1v) is 20.9. The van der Waals surface area contributed by atoms with Gasteiger partial charge in [-0.05, 0) is 47.5 Å². The molecule has 0 aliphatic carbocycles. The smallest absolute Gasteiger partial charge is 0.0634 e. The molecule has 60 heavy (non-hydrogen) atoms. The molecule has 4 nitrogen and oxygen atoms in total. The molecular formula is C56H34N4. The molecule has 6 aromatic heterocycles. The van der Waals surface area contributed by atoms with Crippen molar-refractivity contribution in [3.05, 3.63) is 170 Å². The Morgan fingerprint density at radius 2 is 0.600 bits per heavy atom. The molecule has 0 spiro atoms. The normalized spacial score (nSPS) is 12.8. The highest BCUT2D eigenvalue weighted by Gasteiger charge is 2.32. The van der Waals surface area contributed by atoms with Crippen LogP contribution in [0.25, 0.3) is 142 Å². The fraction of sp³-hybridized carbons (Fsp3) is 0.0357. The van der Waals surface area contributed by atoms with Gasteiger partial charge >= 0.3 is 0 Å². The van der Waals surface area contributed by atoms with E-state index in [-0.39, 0.29) is 0 Å². The largest absolute Gasteiger partial charge is 0.344 e. The Morgan fingerprint density at radius 1 is 0.267 bits per heavy atom. The van der Waals surface area contributed by atoms with E-state index in [0.717, 1.165) is 0 Å². The van der Waals surface area contributed by atoms with Crippen molar-refractivity contribution in [2.24, 2.45) is 14.1 Å². The van der Waals surface area contributed by atoms with Gasteiger partial charge in [-0.15, -0.1) is 0 Å². The van der Waals surface area contributed by atoms with Crippen LogP contribution in [-0.2, 0) is 14.1 Å². The summed E-state index contributed by atoms with van der Waals surface area (Å²) in [5.74, 6) is 0. The molecule has 0 radical (unpaired) electrons. The summed E-state index contributed by atoms with van der Waals surface area (Å²) in [4.78, 5) is 0. The standard InChI is InChI=1S/C56H34N4/c1-57-39-25-13-9-21-33(39)47-43(57)29-37-51-45(31-17-5-3-6-18-31)56-52(46(32-19-7-4-8-20-32)55(51)59-41-27-15-11-23-35(41)49(47)53(37)59)38-30-44-48(34-22-10-14-26-40(34)58(44)2)50-36-24-12-16-28-42(36)60(56)54(38)50/h3-30H,1-2H3. The lowest BCUT2D eigenvalue weighted by molar-refractivity contribution is 1.02. The van der Waals surface area contributed by atoms with Crippen LogP contribution in [0.4, 0.5) is 0 Å². The number of para-hydroxylation sites is 4. The second-order valence-corrected chi connectivity index (χ2v) is 16.9. The quantitative estimate of drug-likeness (QED) is 0.167. The van der Waals surface area contributed by atoms with Gasteiger partial charge in [0.1, 0.15) is 0 Å². The first kappa shape index (κ1) is 31.2. The third kappa shape index (κ3) is 3.43. The minimum atomic E-state index is 1.22. The third-order valence-corrected chi connectivity index (χ3v) is 14.2. The Kier molecular flexibility index (Phi) is 5.52. The Balaban J connectivity index is 1.34. The summed E-state index contributed by atoms with van der Waals surface area (Å²) < 4.78 is 10.1. The van der Waals surface area contributed by atoms with Gasteiger partial charge in [-0.3, -0.25) is 0 Å². The number of aromatic nitrogens is 4. The van der Waals surface area contributed by atoms with Crippen molar-refractivity contribution >= 4 is 120 Å². The molecule has 278 valence electrons. The second-order valence-electron chi connectivity index (χ2n) is 16.9. The van der Waals surface area contributed by atoms with Crippen LogP contribution in [0.1, 0.15) is 0 Å². The zero-order valence-corrected chi connectivity index (χ0v) is 33.0. The Morgan fingerprint density at radius 3 is 1.00 bits per heavy atom. The van der Waals surface area contributed by atoms with E-state index in [1.54, 1.807) is 0 Å². The van der Waals surface area contributed by atoms with Crippen LogP contribution in [0.5, 0.6) is 0 Å². The van der Waals surface area contributed by atoms with E-state index in [4.69, 9.17) is 0 Å². The first-order chi connectivity index (χ1) is 29.7. The molecule has 0 amide bonds. The summed E-state index contributed by atoms with van der Waals surface area (Å²) in [6.45, 7) is 0. The van der Waals surface area contributed by atoms with Crippen molar-refractivity contribution in [1.29, 1.82) is 0 Å². The molecule has 0 fully saturated rings. The molecule has 0 atom stereocenters. The van der Waals surface area contributed by atoms with Crippen LogP contribution in [0, 0.1) is 0 Å². The number of hydrogen-bond acceptors (Lipinski definition) is 0. The SMILES string of the molecule is Cn1c2ccccc2c2c3c4ccccc4n4c5c(-c6ccccc6)c6c7cc8c(c9ccccc9n8C)c8c9ccccc9n(c6c(-c6ccccc6)c5c(cc21)c34)c78. The van der Waals surface area contributed by atoms with Crippen molar-refractivity contribution in [3.8, 4) is 22.3 Å². The van der Waals surface area contributed by atoms with E-state index in [0.29, 0.717) is 0 Å². The van der Waals surface area contributed by atoms with Gasteiger partial charge < -0.3 is 17.9 Å². The van der Waals surface area contributed by atoms with Crippen molar-refractivity contribution < 1.29 is 0 Å². The number of aryl methyl sites for hydroxylation is 2. The zero-order valence-electron chi connectivity index (χ0n) is 33.0. The van der Waals surface area contributed by atoms with Crippen LogP contribution in [0.15, 0.2) is 170 Å². The van der Waals surface area contributed by atoms with Crippen molar-refractivity contribution in [3.63, 3.8) is 0 Å². The van der Waals surface area contributed by atoms with E-state index in [2.05, 4.69) is 202 Å². The Labute approximate surface area is 342 Å². The van der Waals surface area contributed by atoms with Crippen molar-refractivity contribution in [2.45, 2.75) is 0 Å². The summed E-state index contributed by atoms with van der Waals surface area (Å²) in [5, 5.41) is 15.6. The summed E-state index contributed by atoms with van der Waals surface area (Å²) in [6.07, 6.45) is 0. The van der Waals surface area contributed by atoms with Crippen LogP contribution in [0.2, 0.25) is 0 Å². The number of nitrogens with zero attached hydrogens (tertiary/aromatic N) is 4. The van der Waals surface area contributed by atoms with Crippen LogP contribution in [0.3, 0.4) is 0 Å². The molecule has 0 saturated carbocycles. The van der Waals surface area contributed by atoms with Gasteiger partial charge in [-0.2, -0.15) is 0 Å². The maximum absolute atomic E-state index is 2.64. The summed E-state index contributed by atoms with van der Waals surface area (Å²) in [5.41, 5.74) is 17.6. The van der Waals surface area contributed by atoms with Crippen LogP contribution < -0.4 is 0 Å². The number of fused-ring (bicyclic) bond motifs is 20. The monoisotopic (exact) mass is 762 g/mol. The topological polar surface area (TPSA) is 18.7 Å². The van der Waals surface area contributed by atoms with Gasteiger partial charge in [-0.25, -0.2) is 0 Å². The average Bonchev–Trinajstić information content (AvgIpc) is 4.13. The van der Waals surface area contributed by atoms with Gasteiger partial charge in [0.05, 0.1) is 44.1 Å². The zero-order chi connectivity index (χ0) is 39.1. The van der Waals surface area contributed by atoms with Crippen LogP contribution in [-0.4, -0.2) is 17.9 Å². The van der Waals surface area contributed by atoms with Gasteiger partial charge in [-0.1, -0.05) is 133 Å². The molecule has 0 bridgehead atoms. The Hall–Kier alpha value is -7.82. The molecule has 0 saturated heterocycles. The van der Waals surface area contributed by atoms with Gasteiger partial charge in [0, 0.05) is 101 Å². The van der Waals surface area contributed by atoms with Gasteiger partial charge in [0.15, 0.2) is 0 Å². The molecular weight excluding hydrogens is 729 g/mol. The summed E-state index contributed by atoms with van der Waals surface area (Å²) in [7, 11) is 4.48. The van der Waals surface area contributed by atoms with Crippen LogP contribution >= 0.6 is 0 Å². The minimum absolute atomic E-state index is 1.22. The number of rotatable bonds is 2. The fourth-order valence-electron chi connectivity index (χ4n) is 11.9. The minimum Gasteiger partial charge on any atom is -0.344 e. The number of benzene rings is 9. The maximum atomic E-state index is 2.64. The van der Waals surface area contributed by atoms with Crippen molar-refractivity contribution in [1.82, 2.24) is 17.9 Å². The van der Waals surface area contributed by atoms with Gasteiger partial charge in [0.2, 0.25) is 0 Å². The molecule has 9 aromatic carbocycles. The lowest BCUT2D eigenvalue weighted by Gasteiger charge is -2.16.